The quantitative estimate of drug-likeness (QED) is 0.695. The maximum Gasteiger partial charge on any atom is 0.309 e. The molecule has 0 saturated heterocycles. The maximum atomic E-state index is 11.5. The second-order valence-electron chi connectivity index (χ2n) is 3.85. The third-order valence-electron chi connectivity index (χ3n) is 2.80. The van der Waals surface area contributed by atoms with E-state index >= 15 is 0 Å². The molecule has 0 N–H and O–H groups in total. The van der Waals surface area contributed by atoms with Gasteiger partial charge in [-0.1, -0.05) is 12.1 Å². The van der Waals surface area contributed by atoms with Crippen LogP contribution in [0.3, 0.4) is 0 Å². The number of benzene rings is 1. The summed E-state index contributed by atoms with van der Waals surface area (Å²) < 4.78 is 4.60. The fourth-order valence-corrected chi connectivity index (χ4v) is 1.84. The van der Waals surface area contributed by atoms with Gasteiger partial charge in [-0.2, -0.15) is 0 Å². The molecule has 2 rings (SSSR count). The number of methoxy groups -OCH3 is 1. The van der Waals surface area contributed by atoms with Crippen molar-refractivity contribution in [2.75, 3.05) is 19.1 Å². The van der Waals surface area contributed by atoms with Crippen molar-refractivity contribution in [2.24, 2.45) is 0 Å². The number of hydrogen-bond acceptors (Lipinski definition) is 3. The summed E-state index contributed by atoms with van der Waals surface area (Å²) in [5, 5.41) is 0. The van der Waals surface area contributed by atoms with E-state index < -0.39 is 0 Å². The molecule has 1 heterocycles. The fourth-order valence-electron chi connectivity index (χ4n) is 1.84. The Balaban J connectivity index is 2.27. The third-order valence-corrected chi connectivity index (χ3v) is 2.80. The Kier molecular flexibility index (Phi) is 2.64. The molecule has 0 radical (unpaired) electrons. The average Bonchev–Trinajstić information content (AvgIpc) is 2.55. The molecule has 0 aromatic heterocycles. The van der Waals surface area contributed by atoms with Crippen molar-refractivity contribution in [2.45, 2.75) is 12.8 Å². The number of fused-ring (bicyclic) bond motifs is 1. The number of carbonyl (C=O) groups excluding carboxylic acids is 2. The highest BCUT2D eigenvalue weighted by Gasteiger charge is 2.24. The van der Waals surface area contributed by atoms with Gasteiger partial charge in [-0.15, -0.1) is 0 Å². The van der Waals surface area contributed by atoms with E-state index in [4.69, 9.17) is 0 Å². The Bertz CT molecular complexity index is 454. The molecule has 4 heteroatoms. The zero-order valence-corrected chi connectivity index (χ0v) is 9.32. The molecular formula is C12H13NO3. The molecule has 0 aliphatic carbocycles. The minimum Gasteiger partial charge on any atom is -0.469 e. The van der Waals surface area contributed by atoms with E-state index in [-0.39, 0.29) is 18.3 Å². The van der Waals surface area contributed by atoms with E-state index in [1.165, 1.54) is 7.11 Å². The van der Waals surface area contributed by atoms with Gasteiger partial charge in [0.05, 0.1) is 20.0 Å². The van der Waals surface area contributed by atoms with E-state index in [1.54, 1.807) is 11.9 Å². The predicted octanol–water partition coefficient (Wildman–Crippen LogP) is 0.921. The molecular weight excluding hydrogens is 206 g/mol. The van der Waals surface area contributed by atoms with Gasteiger partial charge < -0.3 is 9.64 Å². The van der Waals surface area contributed by atoms with E-state index in [0.29, 0.717) is 6.42 Å². The topological polar surface area (TPSA) is 46.6 Å². The Morgan fingerprint density at radius 2 is 2.25 bits per heavy atom. The standard InChI is InChI=1S/C12H13NO3/c1-13-10-5-8(6-12(15)16-2)3-4-9(10)7-11(13)14/h3-5H,6-7H2,1-2H3. The highest BCUT2D eigenvalue weighted by Crippen LogP contribution is 2.28. The first-order valence-electron chi connectivity index (χ1n) is 5.07. The lowest BCUT2D eigenvalue weighted by Gasteiger charge is -2.11. The molecule has 84 valence electrons. The summed E-state index contributed by atoms with van der Waals surface area (Å²) in [6, 6.07) is 5.63. The second kappa shape index (κ2) is 3.96. The van der Waals surface area contributed by atoms with Gasteiger partial charge >= 0.3 is 5.97 Å². The molecule has 16 heavy (non-hydrogen) atoms. The normalized spacial score (nSPS) is 13.9. The summed E-state index contributed by atoms with van der Waals surface area (Å²) in [5.74, 6) is -0.183. The van der Waals surface area contributed by atoms with Crippen LogP contribution in [0.15, 0.2) is 18.2 Å². The number of likely N-dealkylation sites (N-methyl/N-ethyl adjacent to an activating group) is 1. The molecule has 0 atom stereocenters. The third kappa shape index (κ3) is 1.78. The smallest absolute Gasteiger partial charge is 0.309 e. The molecule has 0 bridgehead atoms. The van der Waals surface area contributed by atoms with Crippen LogP contribution in [0.5, 0.6) is 0 Å². The van der Waals surface area contributed by atoms with Crippen molar-refractivity contribution in [1.82, 2.24) is 0 Å². The maximum absolute atomic E-state index is 11.5. The monoisotopic (exact) mass is 219 g/mol. The first kappa shape index (κ1) is 10.7. The zero-order valence-electron chi connectivity index (χ0n) is 9.32. The molecule has 1 aliphatic rings. The van der Waals surface area contributed by atoms with E-state index in [0.717, 1.165) is 16.8 Å². The fraction of sp³-hybridized carbons (Fsp3) is 0.333. The average molecular weight is 219 g/mol. The van der Waals surface area contributed by atoms with Crippen LogP contribution < -0.4 is 4.90 Å². The van der Waals surface area contributed by atoms with Crippen LogP contribution in [0.25, 0.3) is 0 Å². The Hall–Kier alpha value is -1.84. The molecule has 1 aromatic rings. The Morgan fingerprint density at radius 1 is 1.50 bits per heavy atom. The van der Waals surface area contributed by atoms with Gasteiger partial charge in [0.1, 0.15) is 0 Å². The molecule has 1 aromatic carbocycles. The van der Waals surface area contributed by atoms with Crippen molar-refractivity contribution in [3.63, 3.8) is 0 Å². The lowest BCUT2D eigenvalue weighted by molar-refractivity contribution is -0.139. The predicted molar refractivity (Wildman–Crippen MR) is 59.3 cm³/mol. The number of hydrogen-bond donors (Lipinski definition) is 0. The number of ether oxygens (including phenoxy) is 1. The summed E-state index contributed by atoms with van der Waals surface area (Å²) in [7, 11) is 3.11. The second-order valence-corrected chi connectivity index (χ2v) is 3.85. The number of nitrogens with zero attached hydrogens (tertiary/aromatic N) is 1. The summed E-state index contributed by atoms with van der Waals surface area (Å²) in [6.07, 6.45) is 0.691. The van der Waals surface area contributed by atoms with Crippen LogP contribution >= 0.6 is 0 Å². The van der Waals surface area contributed by atoms with Crippen molar-refractivity contribution < 1.29 is 14.3 Å². The van der Waals surface area contributed by atoms with Crippen LogP contribution in [0, 0.1) is 0 Å². The van der Waals surface area contributed by atoms with Crippen molar-refractivity contribution >= 4 is 17.6 Å². The molecule has 1 amide bonds. The van der Waals surface area contributed by atoms with E-state index in [1.807, 2.05) is 18.2 Å². The Morgan fingerprint density at radius 3 is 2.94 bits per heavy atom. The van der Waals surface area contributed by atoms with Crippen LogP contribution in [0.1, 0.15) is 11.1 Å². The number of amides is 1. The Labute approximate surface area is 93.8 Å². The van der Waals surface area contributed by atoms with Crippen LogP contribution in [0.4, 0.5) is 5.69 Å². The lowest BCUT2D eigenvalue weighted by Crippen LogP contribution is -2.20. The largest absolute Gasteiger partial charge is 0.469 e. The van der Waals surface area contributed by atoms with Crippen molar-refractivity contribution in [3.8, 4) is 0 Å². The van der Waals surface area contributed by atoms with E-state index in [2.05, 4.69) is 4.74 Å². The highest BCUT2D eigenvalue weighted by molar-refractivity contribution is 6.01. The minimum atomic E-state index is -0.271. The van der Waals surface area contributed by atoms with E-state index in [9.17, 15) is 9.59 Å². The van der Waals surface area contributed by atoms with Gasteiger partial charge in [-0.05, 0) is 17.2 Å². The SMILES string of the molecule is COC(=O)Cc1ccc2c(c1)N(C)C(=O)C2. The molecule has 0 unspecified atom stereocenters. The summed E-state index contributed by atoms with van der Waals surface area (Å²) >= 11 is 0. The lowest BCUT2D eigenvalue weighted by atomic mass is 10.1. The van der Waals surface area contributed by atoms with Gasteiger partial charge in [0.25, 0.3) is 0 Å². The van der Waals surface area contributed by atoms with Crippen LogP contribution in [0.2, 0.25) is 0 Å². The zero-order chi connectivity index (χ0) is 11.7. The van der Waals surface area contributed by atoms with Gasteiger partial charge in [0.2, 0.25) is 5.91 Å². The number of anilines is 1. The molecule has 1 aliphatic heterocycles. The van der Waals surface area contributed by atoms with Gasteiger partial charge in [-0.3, -0.25) is 9.59 Å². The molecule has 0 saturated carbocycles. The van der Waals surface area contributed by atoms with Gasteiger partial charge in [-0.25, -0.2) is 0 Å². The summed E-state index contributed by atoms with van der Waals surface area (Å²) in [6.45, 7) is 0. The molecule has 4 nitrogen and oxygen atoms in total. The van der Waals surface area contributed by atoms with Crippen molar-refractivity contribution in [1.29, 1.82) is 0 Å². The van der Waals surface area contributed by atoms with Crippen LogP contribution in [-0.2, 0) is 27.2 Å². The minimum absolute atomic E-state index is 0.0882. The highest BCUT2D eigenvalue weighted by atomic mass is 16.5. The first-order valence-corrected chi connectivity index (χ1v) is 5.07. The summed E-state index contributed by atoms with van der Waals surface area (Å²) in [4.78, 5) is 24.2. The number of esters is 1. The molecule has 0 spiro atoms. The number of rotatable bonds is 2. The van der Waals surface area contributed by atoms with Crippen LogP contribution in [-0.4, -0.2) is 26.0 Å². The van der Waals surface area contributed by atoms with Gasteiger partial charge in [0, 0.05) is 12.7 Å². The first-order chi connectivity index (χ1) is 7.61. The van der Waals surface area contributed by atoms with Crippen molar-refractivity contribution in [3.05, 3.63) is 29.3 Å². The molecule has 0 fully saturated rings. The number of carbonyl (C=O) groups is 2. The summed E-state index contributed by atoms with van der Waals surface area (Å²) in [5.41, 5.74) is 2.78. The van der Waals surface area contributed by atoms with Gasteiger partial charge in [0.15, 0.2) is 0 Å².